The normalized spacial score (nSPS) is 11.9. The molecule has 0 saturated heterocycles. The summed E-state index contributed by atoms with van der Waals surface area (Å²) in [7, 11) is 0. The van der Waals surface area contributed by atoms with Gasteiger partial charge in [0, 0.05) is 6.42 Å². The van der Waals surface area contributed by atoms with Crippen LogP contribution in [0.5, 0.6) is 0 Å². The number of carboxylic acids is 2. The van der Waals surface area contributed by atoms with Gasteiger partial charge in [0.15, 0.2) is 0 Å². The van der Waals surface area contributed by atoms with Gasteiger partial charge in [-0.2, -0.15) is 0 Å². The molecule has 1 amide bonds. The molecule has 0 aliphatic carbocycles. The Labute approximate surface area is 135 Å². The van der Waals surface area contributed by atoms with Gasteiger partial charge in [-0.05, 0) is 50.8 Å². The first-order valence-electron chi connectivity index (χ1n) is 5.51. The molecule has 0 unspecified atom stereocenters. The number of hydrogen-bond donors (Lipinski definition) is 3. The van der Waals surface area contributed by atoms with Crippen LogP contribution in [0.4, 0.5) is 0 Å². The predicted octanol–water partition coefficient (Wildman–Crippen LogP) is 2.71. The van der Waals surface area contributed by atoms with Crippen LogP contribution in [0.3, 0.4) is 0 Å². The van der Waals surface area contributed by atoms with Gasteiger partial charge >= 0.3 is 11.9 Å². The van der Waals surface area contributed by atoms with E-state index in [4.69, 9.17) is 10.2 Å². The first-order chi connectivity index (χ1) is 9.31. The largest absolute Gasteiger partial charge is 0.481 e. The maximum Gasteiger partial charge on any atom is 0.326 e. The molecule has 1 aromatic heterocycles. The molecule has 9 heteroatoms. The van der Waals surface area contributed by atoms with Crippen molar-refractivity contribution in [1.82, 2.24) is 5.32 Å². The van der Waals surface area contributed by atoms with Crippen molar-refractivity contribution in [3.63, 3.8) is 0 Å². The fourth-order valence-corrected chi connectivity index (χ4v) is 4.24. The molecule has 6 nitrogen and oxygen atoms in total. The average molecular weight is 429 g/mol. The highest BCUT2D eigenvalue weighted by atomic mass is 79.9. The van der Waals surface area contributed by atoms with Crippen molar-refractivity contribution < 1.29 is 24.6 Å². The molecule has 0 aliphatic rings. The minimum absolute atomic E-state index is 0.0658. The van der Waals surface area contributed by atoms with E-state index in [1.165, 1.54) is 11.3 Å². The highest BCUT2D eigenvalue weighted by Crippen LogP contribution is 2.31. The fraction of sp³-hybridized carbons (Fsp3) is 0.364. The van der Waals surface area contributed by atoms with E-state index in [-0.39, 0.29) is 19.3 Å². The molecule has 3 N–H and O–H groups in total. The SMILES string of the molecule is O=C(O)CCC[C@@H](NC(=O)c1cc(Br)sc1Br)C(=O)O. The van der Waals surface area contributed by atoms with Crippen LogP contribution in [-0.2, 0) is 9.59 Å². The van der Waals surface area contributed by atoms with Gasteiger partial charge in [-0.15, -0.1) is 11.3 Å². The monoisotopic (exact) mass is 427 g/mol. The topological polar surface area (TPSA) is 104 Å². The molecule has 0 saturated carbocycles. The molecule has 20 heavy (non-hydrogen) atoms. The number of thiophene rings is 1. The Morgan fingerprint density at radius 3 is 2.40 bits per heavy atom. The minimum Gasteiger partial charge on any atom is -0.481 e. The molecule has 0 bridgehead atoms. The third-order valence-electron chi connectivity index (χ3n) is 2.39. The molecule has 0 spiro atoms. The van der Waals surface area contributed by atoms with Gasteiger partial charge < -0.3 is 15.5 Å². The van der Waals surface area contributed by atoms with E-state index in [2.05, 4.69) is 37.2 Å². The van der Waals surface area contributed by atoms with Crippen molar-refractivity contribution in [2.24, 2.45) is 0 Å². The van der Waals surface area contributed by atoms with Crippen LogP contribution in [-0.4, -0.2) is 34.1 Å². The Bertz CT molecular complexity index is 531. The first-order valence-corrected chi connectivity index (χ1v) is 7.91. The van der Waals surface area contributed by atoms with E-state index in [1.54, 1.807) is 6.07 Å². The zero-order valence-electron chi connectivity index (χ0n) is 10.1. The van der Waals surface area contributed by atoms with E-state index < -0.39 is 23.9 Å². The first kappa shape index (κ1) is 17.1. The van der Waals surface area contributed by atoms with E-state index in [1.807, 2.05) is 0 Å². The summed E-state index contributed by atoms with van der Waals surface area (Å²) in [6, 6.07) is 0.479. The zero-order valence-corrected chi connectivity index (χ0v) is 14.0. The number of aliphatic carboxylic acids is 2. The molecule has 1 atom stereocenters. The second-order valence-corrected chi connectivity index (χ2v) is 7.64. The van der Waals surface area contributed by atoms with E-state index >= 15 is 0 Å². The summed E-state index contributed by atoms with van der Waals surface area (Å²) in [5, 5.41) is 19.9. The number of carbonyl (C=O) groups is 3. The zero-order chi connectivity index (χ0) is 15.3. The van der Waals surface area contributed by atoms with Gasteiger partial charge in [0.2, 0.25) is 0 Å². The van der Waals surface area contributed by atoms with Crippen LogP contribution in [0, 0.1) is 0 Å². The van der Waals surface area contributed by atoms with Crippen molar-refractivity contribution in [3.8, 4) is 0 Å². The highest BCUT2D eigenvalue weighted by Gasteiger charge is 2.22. The van der Waals surface area contributed by atoms with Crippen molar-refractivity contribution in [3.05, 3.63) is 19.2 Å². The van der Waals surface area contributed by atoms with Crippen LogP contribution in [0.15, 0.2) is 13.6 Å². The van der Waals surface area contributed by atoms with E-state index in [0.29, 0.717) is 9.35 Å². The molecular weight excluding hydrogens is 418 g/mol. The van der Waals surface area contributed by atoms with Crippen molar-refractivity contribution >= 4 is 61.0 Å². The van der Waals surface area contributed by atoms with Gasteiger partial charge in [0.25, 0.3) is 5.91 Å². The maximum atomic E-state index is 12.0. The summed E-state index contributed by atoms with van der Waals surface area (Å²) in [4.78, 5) is 33.4. The third kappa shape index (κ3) is 5.22. The summed E-state index contributed by atoms with van der Waals surface area (Å²) in [5.41, 5.74) is 0.339. The third-order valence-corrected chi connectivity index (χ3v) is 4.73. The molecule has 1 heterocycles. The quantitative estimate of drug-likeness (QED) is 0.619. The molecular formula is C11H11Br2NO5S. The molecule has 0 aromatic carbocycles. The second kappa shape index (κ2) is 7.75. The lowest BCUT2D eigenvalue weighted by atomic mass is 10.1. The fourth-order valence-electron chi connectivity index (χ4n) is 1.45. The van der Waals surface area contributed by atoms with Gasteiger partial charge in [-0.25, -0.2) is 4.79 Å². The summed E-state index contributed by atoms with van der Waals surface area (Å²) >= 11 is 7.75. The Morgan fingerprint density at radius 2 is 1.95 bits per heavy atom. The van der Waals surface area contributed by atoms with E-state index in [9.17, 15) is 14.4 Å². The number of carbonyl (C=O) groups excluding carboxylic acids is 1. The molecule has 0 aliphatic heterocycles. The summed E-state index contributed by atoms with van der Waals surface area (Å²) in [6.45, 7) is 0. The number of nitrogens with one attached hydrogen (secondary N) is 1. The summed E-state index contributed by atoms with van der Waals surface area (Å²) in [5.74, 6) is -2.69. The lowest BCUT2D eigenvalue weighted by Gasteiger charge is -2.13. The maximum absolute atomic E-state index is 12.0. The Balaban J connectivity index is 2.66. The van der Waals surface area contributed by atoms with Gasteiger partial charge in [-0.1, -0.05) is 0 Å². The number of carboxylic acid groups (broad SMARTS) is 2. The van der Waals surface area contributed by atoms with Crippen LogP contribution in [0.2, 0.25) is 0 Å². The van der Waals surface area contributed by atoms with Gasteiger partial charge in [0.1, 0.15) is 6.04 Å². The van der Waals surface area contributed by atoms with Crippen molar-refractivity contribution in [2.45, 2.75) is 25.3 Å². The van der Waals surface area contributed by atoms with Crippen molar-refractivity contribution in [2.75, 3.05) is 0 Å². The Hall–Kier alpha value is -0.930. The minimum atomic E-state index is -1.19. The van der Waals surface area contributed by atoms with Crippen LogP contribution in [0.1, 0.15) is 29.6 Å². The van der Waals surface area contributed by atoms with Gasteiger partial charge in [-0.3, -0.25) is 9.59 Å². The second-order valence-electron chi connectivity index (χ2n) is 3.89. The average Bonchev–Trinajstić information content (AvgIpc) is 2.66. The molecule has 110 valence electrons. The summed E-state index contributed by atoms with van der Waals surface area (Å²) in [6.07, 6.45) is 0.116. The molecule has 1 aromatic rings. The number of halogens is 2. The predicted molar refractivity (Wildman–Crippen MR) is 80.1 cm³/mol. The van der Waals surface area contributed by atoms with Gasteiger partial charge in [0.05, 0.1) is 13.1 Å². The lowest BCUT2D eigenvalue weighted by Crippen LogP contribution is -2.40. The molecule has 0 radical (unpaired) electrons. The number of rotatable bonds is 7. The van der Waals surface area contributed by atoms with E-state index in [0.717, 1.165) is 3.79 Å². The Morgan fingerprint density at radius 1 is 1.30 bits per heavy atom. The highest BCUT2D eigenvalue weighted by molar-refractivity contribution is 9.12. The standard InChI is InChI=1S/C11H11Br2NO5S/c12-7-4-5(9(13)20-7)10(17)14-6(11(18)19)2-1-3-8(15)16/h4,6H,1-3H2,(H,14,17)(H,15,16)(H,18,19)/t6-/m1/s1. The van der Waals surface area contributed by atoms with Crippen LogP contribution in [0.25, 0.3) is 0 Å². The smallest absolute Gasteiger partial charge is 0.326 e. The van der Waals surface area contributed by atoms with Crippen LogP contribution >= 0.6 is 43.2 Å². The summed E-state index contributed by atoms with van der Waals surface area (Å²) < 4.78 is 1.34. The number of hydrogen-bond acceptors (Lipinski definition) is 4. The van der Waals surface area contributed by atoms with Crippen LogP contribution < -0.4 is 5.32 Å². The molecule has 1 rings (SSSR count). The molecule has 0 fully saturated rings. The lowest BCUT2D eigenvalue weighted by molar-refractivity contribution is -0.140. The number of amides is 1. The van der Waals surface area contributed by atoms with Crippen molar-refractivity contribution in [1.29, 1.82) is 0 Å². The Kier molecular flexibility index (Phi) is 6.63.